The van der Waals surface area contributed by atoms with Gasteiger partial charge in [0.2, 0.25) is 0 Å². The van der Waals surface area contributed by atoms with Crippen LogP contribution in [0.5, 0.6) is 0 Å². The molecule has 1 aromatic carbocycles. The Bertz CT molecular complexity index is 655. The van der Waals surface area contributed by atoms with Gasteiger partial charge in [-0.2, -0.15) is 0 Å². The van der Waals surface area contributed by atoms with Crippen molar-refractivity contribution in [2.75, 3.05) is 0 Å². The molecule has 1 fully saturated rings. The topological polar surface area (TPSA) is 55.1 Å². The minimum absolute atomic E-state index is 0.294. The third kappa shape index (κ3) is 1.52. The normalized spacial score (nSPS) is 21.2. The number of aryl methyl sites for hydroxylation is 1. The van der Waals surface area contributed by atoms with Crippen molar-refractivity contribution in [3.8, 4) is 0 Å². The number of carbonyl (C=O) groups is 1. The molecule has 0 spiro atoms. The van der Waals surface area contributed by atoms with Crippen molar-refractivity contribution < 1.29 is 9.90 Å². The smallest absolute Gasteiger partial charge is 0.335 e. The summed E-state index contributed by atoms with van der Waals surface area (Å²) in [6.07, 6.45) is 1.15. The Hall–Kier alpha value is -1.84. The molecule has 1 aromatic heterocycles. The van der Waals surface area contributed by atoms with E-state index in [-0.39, 0.29) is 0 Å². The molecule has 3 rings (SSSR count). The molecule has 2 aromatic rings. The average molecular weight is 244 g/mol. The zero-order chi connectivity index (χ0) is 13.1. The maximum atomic E-state index is 11.0. The largest absolute Gasteiger partial charge is 0.478 e. The van der Waals surface area contributed by atoms with Crippen LogP contribution in [0, 0.1) is 5.41 Å². The molecule has 0 amide bonds. The van der Waals surface area contributed by atoms with E-state index in [1.54, 1.807) is 12.1 Å². The number of aromatic nitrogens is 2. The molecule has 0 saturated heterocycles. The highest BCUT2D eigenvalue weighted by Crippen LogP contribution is 2.58. The highest BCUT2D eigenvalue weighted by atomic mass is 16.4. The SMILES string of the molecule is Cn1c(C2CC2(C)C)nc2cc(C(=O)O)ccc21. The standard InChI is InChI=1S/C14H16N2O2/c1-14(2)7-9(14)12-15-10-6-8(13(17)18)4-5-11(10)16(12)3/h4-6,9H,7H2,1-3H3,(H,17,18). The van der Waals surface area contributed by atoms with E-state index in [9.17, 15) is 4.79 Å². The van der Waals surface area contributed by atoms with Crippen LogP contribution >= 0.6 is 0 Å². The number of benzene rings is 1. The lowest BCUT2D eigenvalue weighted by Gasteiger charge is -2.03. The van der Waals surface area contributed by atoms with Crippen molar-refractivity contribution in [1.29, 1.82) is 0 Å². The minimum Gasteiger partial charge on any atom is -0.478 e. The number of rotatable bonds is 2. The molecule has 18 heavy (non-hydrogen) atoms. The molecular weight excluding hydrogens is 228 g/mol. The summed E-state index contributed by atoms with van der Waals surface area (Å²) >= 11 is 0. The molecule has 1 heterocycles. The van der Waals surface area contributed by atoms with E-state index in [2.05, 4.69) is 23.4 Å². The van der Waals surface area contributed by atoms with E-state index in [4.69, 9.17) is 5.11 Å². The summed E-state index contributed by atoms with van der Waals surface area (Å²) in [5.41, 5.74) is 2.39. The predicted octanol–water partition coefficient (Wildman–Crippen LogP) is 2.79. The molecule has 1 unspecified atom stereocenters. The second-order valence-electron chi connectivity index (χ2n) is 5.78. The quantitative estimate of drug-likeness (QED) is 0.883. The fourth-order valence-electron chi connectivity index (χ4n) is 2.57. The van der Waals surface area contributed by atoms with Crippen LogP contribution in [0.25, 0.3) is 11.0 Å². The Morgan fingerprint density at radius 3 is 2.72 bits per heavy atom. The Kier molecular flexibility index (Phi) is 2.09. The zero-order valence-corrected chi connectivity index (χ0v) is 10.8. The van der Waals surface area contributed by atoms with Gasteiger partial charge in [-0.15, -0.1) is 0 Å². The molecule has 1 saturated carbocycles. The van der Waals surface area contributed by atoms with Crippen molar-refractivity contribution in [2.24, 2.45) is 12.5 Å². The lowest BCUT2D eigenvalue weighted by atomic mass is 10.1. The molecule has 1 aliphatic rings. The van der Waals surface area contributed by atoms with Crippen molar-refractivity contribution in [2.45, 2.75) is 26.2 Å². The summed E-state index contributed by atoms with van der Waals surface area (Å²) in [7, 11) is 2.00. The van der Waals surface area contributed by atoms with E-state index in [0.29, 0.717) is 16.9 Å². The fraction of sp³-hybridized carbons (Fsp3) is 0.429. The number of hydrogen-bond donors (Lipinski definition) is 1. The first-order chi connectivity index (χ1) is 8.40. The van der Waals surface area contributed by atoms with Crippen molar-refractivity contribution in [1.82, 2.24) is 9.55 Å². The Balaban J connectivity index is 2.13. The van der Waals surface area contributed by atoms with E-state index in [0.717, 1.165) is 23.3 Å². The second-order valence-corrected chi connectivity index (χ2v) is 5.78. The van der Waals surface area contributed by atoms with Gasteiger partial charge in [-0.1, -0.05) is 13.8 Å². The number of nitrogens with zero attached hydrogens (tertiary/aromatic N) is 2. The Labute approximate surface area is 105 Å². The molecule has 0 aliphatic heterocycles. The van der Waals surface area contributed by atoms with Gasteiger partial charge in [0.15, 0.2) is 0 Å². The molecule has 0 bridgehead atoms. The van der Waals surface area contributed by atoms with Gasteiger partial charge in [-0.25, -0.2) is 9.78 Å². The first kappa shape index (κ1) is 11.3. The third-order valence-electron chi connectivity index (χ3n) is 3.99. The molecule has 1 aliphatic carbocycles. The van der Waals surface area contributed by atoms with Crippen LogP contribution in [0.3, 0.4) is 0 Å². The summed E-state index contributed by atoms with van der Waals surface area (Å²) < 4.78 is 2.08. The van der Waals surface area contributed by atoms with Crippen molar-refractivity contribution >= 4 is 17.0 Å². The van der Waals surface area contributed by atoms with Crippen LogP contribution in [0.15, 0.2) is 18.2 Å². The lowest BCUT2D eigenvalue weighted by molar-refractivity contribution is 0.0697. The van der Waals surface area contributed by atoms with Gasteiger partial charge >= 0.3 is 5.97 Å². The molecule has 94 valence electrons. The number of carboxylic acids is 1. The van der Waals surface area contributed by atoms with Crippen LogP contribution in [0.1, 0.15) is 42.4 Å². The van der Waals surface area contributed by atoms with Gasteiger partial charge in [-0.05, 0) is 30.0 Å². The first-order valence-electron chi connectivity index (χ1n) is 6.10. The number of fused-ring (bicyclic) bond motifs is 1. The number of carboxylic acid groups (broad SMARTS) is 1. The van der Waals surface area contributed by atoms with Gasteiger partial charge in [0.05, 0.1) is 16.6 Å². The first-order valence-corrected chi connectivity index (χ1v) is 6.10. The Morgan fingerprint density at radius 1 is 1.50 bits per heavy atom. The van der Waals surface area contributed by atoms with Gasteiger partial charge in [0, 0.05) is 13.0 Å². The molecule has 1 N–H and O–H groups in total. The lowest BCUT2D eigenvalue weighted by Crippen LogP contribution is -1.99. The second kappa shape index (κ2) is 3.34. The van der Waals surface area contributed by atoms with Gasteiger partial charge in [0.25, 0.3) is 0 Å². The van der Waals surface area contributed by atoms with Crippen molar-refractivity contribution in [3.63, 3.8) is 0 Å². The van der Waals surface area contributed by atoms with Gasteiger partial charge in [-0.3, -0.25) is 0 Å². The van der Waals surface area contributed by atoms with E-state index >= 15 is 0 Å². The van der Waals surface area contributed by atoms with Gasteiger partial charge < -0.3 is 9.67 Å². The average Bonchev–Trinajstić information content (AvgIpc) is 2.80. The highest BCUT2D eigenvalue weighted by Gasteiger charge is 2.49. The fourth-order valence-corrected chi connectivity index (χ4v) is 2.57. The van der Waals surface area contributed by atoms with Crippen LogP contribution in [-0.4, -0.2) is 20.6 Å². The van der Waals surface area contributed by atoms with E-state index < -0.39 is 5.97 Å². The van der Waals surface area contributed by atoms with E-state index in [1.165, 1.54) is 0 Å². The molecule has 4 heteroatoms. The maximum absolute atomic E-state index is 11.0. The molecule has 0 radical (unpaired) electrons. The van der Waals surface area contributed by atoms with Crippen LogP contribution in [-0.2, 0) is 7.05 Å². The monoisotopic (exact) mass is 244 g/mol. The van der Waals surface area contributed by atoms with Gasteiger partial charge in [0.1, 0.15) is 5.82 Å². The van der Waals surface area contributed by atoms with Crippen LogP contribution < -0.4 is 0 Å². The van der Waals surface area contributed by atoms with Crippen molar-refractivity contribution in [3.05, 3.63) is 29.6 Å². The summed E-state index contributed by atoms with van der Waals surface area (Å²) in [6.45, 7) is 4.47. The molecule has 4 nitrogen and oxygen atoms in total. The summed E-state index contributed by atoms with van der Waals surface area (Å²) in [6, 6.07) is 5.12. The summed E-state index contributed by atoms with van der Waals surface area (Å²) in [5.74, 6) is 0.650. The Morgan fingerprint density at radius 2 is 2.17 bits per heavy atom. The number of hydrogen-bond acceptors (Lipinski definition) is 2. The molecular formula is C14H16N2O2. The number of imidazole rings is 1. The van der Waals surface area contributed by atoms with Crippen LogP contribution in [0.2, 0.25) is 0 Å². The summed E-state index contributed by atoms with van der Waals surface area (Å²) in [4.78, 5) is 15.6. The maximum Gasteiger partial charge on any atom is 0.335 e. The highest BCUT2D eigenvalue weighted by molar-refractivity contribution is 5.92. The zero-order valence-electron chi connectivity index (χ0n) is 10.8. The molecule has 1 atom stereocenters. The van der Waals surface area contributed by atoms with Crippen LogP contribution in [0.4, 0.5) is 0 Å². The predicted molar refractivity (Wildman–Crippen MR) is 68.8 cm³/mol. The summed E-state index contributed by atoms with van der Waals surface area (Å²) in [5, 5.41) is 8.99. The van der Waals surface area contributed by atoms with E-state index in [1.807, 2.05) is 13.1 Å². The minimum atomic E-state index is -0.907. The third-order valence-corrected chi connectivity index (χ3v) is 3.99. The number of aromatic carboxylic acids is 1.